The topological polar surface area (TPSA) is 22.0 Å². The Kier molecular flexibility index (Phi) is 5.03. The van der Waals surface area contributed by atoms with Crippen LogP contribution in [0.1, 0.15) is 56.4 Å². The molecule has 24 heavy (non-hydrogen) atoms. The number of pyridine rings is 1. The third kappa shape index (κ3) is 3.31. The van der Waals surface area contributed by atoms with Gasteiger partial charge in [-0.3, -0.25) is 4.79 Å². The SMILES string of the molecule is CCCn1cc(-c2cc(C)c(C(C)(C)C)c(F)c2)c(C)c(C)c1=O. The predicted molar refractivity (Wildman–Crippen MR) is 99.3 cm³/mol. The maximum Gasteiger partial charge on any atom is 0.253 e. The van der Waals surface area contributed by atoms with Gasteiger partial charge in [0.2, 0.25) is 0 Å². The number of halogens is 1. The predicted octanol–water partition coefficient (Wildman–Crippen LogP) is 5.29. The molecule has 130 valence electrons. The fraction of sp³-hybridized carbons (Fsp3) is 0.476. The summed E-state index contributed by atoms with van der Waals surface area (Å²) in [5.41, 5.74) is 4.94. The fourth-order valence-electron chi connectivity index (χ4n) is 3.44. The van der Waals surface area contributed by atoms with Crippen LogP contribution in [0.5, 0.6) is 0 Å². The molecule has 0 aliphatic carbocycles. The number of aromatic nitrogens is 1. The Hall–Kier alpha value is -1.90. The lowest BCUT2D eigenvalue weighted by atomic mass is 9.82. The Balaban J connectivity index is 2.72. The molecule has 0 fully saturated rings. The summed E-state index contributed by atoms with van der Waals surface area (Å²) in [6.07, 6.45) is 2.76. The first-order valence-electron chi connectivity index (χ1n) is 8.59. The summed E-state index contributed by atoms with van der Waals surface area (Å²) in [7, 11) is 0. The van der Waals surface area contributed by atoms with Crippen molar-refractivity contribution in [3.63, 3.8) is 0 Å². The number of benzene rings is 1. The van der Waals surface area contributed by atoms with Crippen LogP contribution in [-0.2, 0) is 12.0 Å². The Morgan fingerprint density at radius 1 is 1.08 bits per heavy atom. The van der Waals surface area contributed by atoms with Gasteiger partial charge in [0.25, 0.3) is 5.56 Å². The maximum absolute atomic E-state index is 14.8. The average molecular weight is 329 g/mol. The lowest BCUT2D eigenvalue weighted by molar-refractivity contribution is 0.519. The number of nitrogens with zero attached hydrogens (tertiary/aromatic N) is 1. The van der Waals surface area contributed by atoms with Crippen molar-refractivity contribution in [3.8, 4) is 11.1 Å². The molecule has 0 saturated heterocycles. The van der Waals surface area contributed by atoms with Gasteiger partial charge in [0.1, 0.15) is 5.82 Å². The Morgan fingerprint density at radius 2 is 1.71 bits per heavy atom. The van der Waals surface area contributed by atoms with Crippen molar-refractivity contribution in [2.75, 3.05) is 0 Å². The number of rotatable bonds is 3. The average Bonchev–Trinajstić information content (AvgIpc) is 2.45. The first kappa shape index (κ1) is 18.4. The second kappa shape index (κ2) is 6.54. The smallest absolute Gasteiger partial charge is 0.253 e. The summed E-state index contributed by atoms with van der Waals surface area (Å²) >= 11 is 0. The lowest BCUT2D eigenvalue weighted by Crippen LogP contribution is -2.23. The van der Waals surface area contributed by atoms with Crippen LogP contribution in [-0.4, -0.2) is 4.57 Å². The van der Waals surface area contributed by atoms with Gasteiger partial charge in [-0.2, -0.15) is 0 Å². The molecule has 0 atom stereocenters. The number of hydrogen-bond acceptors (Lipinski definition) is 1. The minimum atomic E-state index is -0.237. The molecule has 0 amide bonds. The van der Waals surface area contributed by atoms with Gasteiger partial charge in [0, 0.05) is 23.9 Å². The second-order valence-electron chi connectivity index (χ2n) is 7.69. The third-order valence-electron chi connectivity index (χ3n) is 4.65. The zero-order valence-corrected chi connectivity index (χ0v) is 15.9. The van der Waals surface area contributed by atoms with Crippen LogP contribution in [0.15, 0.2) is 23.1 Å². The molecule has 0 saturated carbocycles. The highest BCUT2D eigenvalue weighted by atomic mass is 19.1. The standard InChI is InChI=1S/C21H28FNO/c1-8-9-23-12-17(14(3)15(4)20(23)24)16-10-13(2)19(18(22)11-16)21(5,6)7/h10-12H,8-9H2,1-7H3. The van der Waals surface area contributed by atoms with Crippen molar-refractivity contribution >= 4 is 0 Å². The summed E-state index contributed by atoms with van der Waals surface area (Å²) in [4.78, 5) is 12.4. The monoisotopic (exact) mass is 329 g/mol. The zero-order chi connectivity index (χ0) is 18.2. The highest BCUT2D eigenvalue weighted by Gasteiger charge is 2.22. The van der Waals surface area contributed by atoms with E-state index in [9.17, 15) is 9.18 Å². The molecule has 1 aromatic carbocycles. The van der Waals surface area contributed by atoms with E-state index in [0.29, 0.717) is 6.54 Å². The maximum atomic E-state index is 14.8. The van der Waals surface area contributed by atoms with E-state index >= 15 is 0 Å². The molecule has 0 unspecified atom stereocenters. The van der Waals surface area contributed by atoms with E-state index in [4.69, 9.17) is 0 Å². The van der Waals surface area contributed by atoms with Crippen LogP contribution in [0, 0.1) is 26.6 Å². The van der Waals surface area contributed by atoms with E-state index in [2.05, 4.69) is 0 Å². The Labute approximate surface area is 144 Å². The van der Waals surface area contributed by atoms with Gasteiger partial charge in [-0.15, -0.1) is 0 Å². The molecule has 0 aliphatic heterocycles. The zero-order valence-electron chi connectivity index (χ0n) is 15.9. The van der Waals surface area contributed by atoms with Gasteiger partial charge in [0.05, 0.1) is 0 Å². The van der Waals surface area contributed by atoms with E-state index in [-0.39, 0.29) is 16.8 Å². The fourth-order valence-corrected chi connectivity index (χ4v) is 3.44. The third-order valence-corrected chi connectivity index (χ3v) is 4.65. The van der Waals surface area contributed by atoms with E-state index in [1.54, 1.807) is 10.6 Å². The van der Waals surface area contributed by atoms with Gasteiger partial charge in [0.15, 0.2) is 0 Å². The second-order valence-corrected chi connectivity index (χ2v) is 7.69. The molecule has 2 aromatic rings. The van der Waals surface area contributed by atoms with Crippen molar-refractivity contribution < 1.29 is 4.39 Å². The molecule has 3 heteroatoms. The van der Waals surface area contributed by atoms with Gasteiger partial charge >= 0.3 is 0 Å². The quantitative estimate of drug-likeness (QED) is 0.750. The molecule has 0 radical (unpaired) electrons. The highest BCUT2D eigenvalue weighted by molar-refractivity contribution is 5.69. The van der Waals surface area contributed by atoms with E-state index in [1.165, 1.54) is 0 Å². The first-order chi connectivity index (χ1) is 11.1. The first-order valence-corrected chi connectivity index (χ1v) is 8.59. The van der Waals surface area contributed by atoms with Crippen molar-refractivity contribution in [2.24, 2.45) is 0 Å². The Morgan fingerprint density at radius 3 is 2.21 bits per heavy atom. The molecule has 1 aromatic heterocycles. The molecule has 0 spiro atoms. The van der Waals surface area contributed by atoms with Crippen molar-refractivity contribution in [3.05, 3.63) is 56.8 Å². The summed E-state index contributed by atoms with van der Waals surface area (Å²) in [6.45, 7) is 14.5. The summed E-state index contributed by atoms with van der Waals surface area (Å²) in [6, 6.07) is 3.64. The van der Waals surface area contributed by atoms with Gasteiger partial charge < -0.3 is 4.57 Å². The van der Waals surface area contributed by atoms with Crippen LogP contribution in [0.2, 0.25) is 0 Å². The van der Waals surface area contributed by atoms with E-state index < -0.39 is 0 Å². The summed E-state index contributed by atoms with van der Waals surface area (Å²) < 4.78 is 16.5. The van der Waals surface area contributed by atoms with Crippen molar-refractivity contribution in [1.82, 2.24) is 4.57 Å². The summed E-state index contributed by atoms with van der Waals surface area (Å²) in [5, 5.41) is 0. The van der Waals surface area contributed by atoms with E-state index in [1.807, 2.05) is 60.7 Å². The van der Waals surface area contributed by atoms with Gasteiger partial charge in [-0.1, -0.05) is 33.8 Å². The van der Waals surface area contributed by atoms with Crippen LogP contribution >= 0.6 is 0 Å². The van der Waals surface area contributed by atoms with Crippen LogP contribution < -0.4 is 5.56 Å². The normalized spacial score (nSPS) is 11.8. The minimum absolute atomic E-state index is 0.0432. The molecule has 2 nitrogen and oxygen atoms in total. The van der Waals surface area contributed by atoms with Gasteiger partial charge in [-0.25, -0.2) is 4.39 Å². The molecule has 1 heterocycles. The Bertz CT molecular complexity index is 802. The molecule has 0 N–H and O–H groups in total. The largest absolute Gasteiger partial charge is 0.315 e. The molecular weight excluding hydrogens is 301 g/mol. The van der Waals surface area contributed by atoms with Crippen LogP contribution in [0.4, 0.5) is 4.39 Å². The minimum Gasteiger partial charge on any atom is -0.315 e. The van der Waals surface area contributed by atoms with Gasteiger partial charge in [-0.05, 0) is 60.9 Å². The van der Waals surface area contributed by atoms with Crippen LogP contribution in [0.3, 0.4) is 0 Å². The summed E-state index contributed by atoms with van der Waals surface area (Å²) in [5.74, 6) is -0.178. The number of hydrogen-bond donors (Lipinski definition) is 0. The highest BCUT2D eigenvalue weighted by Crippen LogP contribution is 2.33. The van der Waals surface area contributed by atoms with Crippen molar-refractivity contribution in [2.45, 2.75) is 66.8 Å². The van der Waals surface area contributed by atoms with Crippen molar-refractivity contribution in [1.29, 1.82) is 0 Å². The van der Waals surface area contributed by atoms with E-state index in [0.717, 1.165) is 39.8 Å². The van der Waals surface area contributed by atoms with Crippen LogP contribution in [0.25, 0.3) is 11.1 Å². The molecule has 2 rings (SSSR count). The molecular formula is C21H28FNO. The molecule has 0 bridgehead atoms. The number of aryl methyl sites for hydroxylation is 2. The lowest BCUT2D eigenvalue weighted by Gasteiger charge is -2.23. The molecule has 0 aliphatic rings.